The summed E-state index contributed by atoms with van der Waals surface area (Å²) >= 11 is 0. The molecular weight excluding hydrogens is 658 g/mol. The Bertz CT molecular complexity index is 2180. The number of benzene rings is 3. The topological polar surface area (TPSA) is 284 Å². The molecule has 1 amide bonds. The van der Waals surface area contributed by atoms with E-state index in [0.29, 0.717) is 6.07 Å². The molecule has 1 heterocycles. The molecule has 17 nitrogen and oxygen atoms in total. The molecule has 0 saturated carbocycles. The highest BCUT2D eigenvalue weighted by atomic mass is 32.2. The van der Waals surface area contributed by atoms with Crippen LogP contribution in [0, 0.1) is 0 Å². The number of nitrogen functional groups attached to an aromatic ring is 1. The summed E-state index contributed by atoms with van der Waals surface area (Å²) in [4.78, 5) is 22.8. The fourth-order valence-corrected chi connectivity index (χ4v) is 5.97. The van der Waals surface area contributed by atoms with Crippen molar-refractivity contribution >= 4 is 77.2 Å². The van der Waals surface area contributed by atoms with Gasteiger partial charge in [0.25, 0.3) is 36.3 Å². The maximum atomic E-state index is 13.2. The minimum Gasteiger partial charge on any atom is -0.478 e. The molecule has 0 bridgehead atoms. The molecule has 1 atom stereocenters. The first-order valence-electron chi connectivity index (χ1n) is 12.1. The molecule has 1 aliphatic heterocycles. The summed E-state index contributed by atoms with van der Waals surface area (Å²) in [6.45, 7) is 1.38. The molecule has 236 valence electrons. The number of hydrogen-bond acceptors (Lipinski definition) is 12. The average Bonchev–Trinajstić information content (AvgIpc) is 3.22. The van der Waals surface area contributed by atoms with Crippen LogP contribution in [0.5, 0.6) is 0 Å². The van der Waals surface area contributed by atoms with Crippen molar-refractivity contribution in [3.63, 3.8) is 0 Å². The lowest BCUT2D eigenvalue weighted by Gasteiger charge is -2.14. The van der Waals surface area contributed by atoms with Crippen molar-refractivity contribution in [1.29, 1.82) is 0 Å². The van der Waals surface area contributed by atoms with E-state index >= 15 is 0 Å². The fourth-order valence-electron chi connectivity index (χ4n) is 4.04. The molecule has 0 aromatic heterocycles. The number of azo groups is 1. The predicted molar refractivity (Wildman–Crippen MR) is 158 cm³/mol. The van der Waals surface area contributed by atoms with E-state index in [2.05, 4.69) is 15.3 Å². The minimum atomic E-state index is -4.94. The van der Waals surface area contributed by atoms with Gasteiger partial charge in [0.05, 0.1) is 27.5 Å². The lowest BCUT2D eigenvalue weighted by molar-refractivity contribution is -0.117. The summed E-state index contributed by atoms with van der Waals surface area (Å²) in [6, 6.07) is 8.01. The summed E-state index contributed by atoms with van der Waals surface area (Å²) in [5, 5.41) is 21.8. The van der Waals surface area contributed by atoms with E-state index in [9.17, 15) is 53.6 Å². The van der Waals surface area contributed by atoms with Crippen LogP contribution in [0.4, 0.5) is 17.1 Å². The number of nitrogens with two attached hydrogens (primary N) is 1. The zero-order valence-corrected chi connectivity index (χ0v) is 25.0. The first-order valence-corrected chi connectivity index (χ1v) is 16.4. The summed E-state index contributed by atoms with van der Waals surface area (Å²) < 4.78 is 99.3. The van der Waals surface area contributed by atoms with E-state index in [-0.39, 0.29) is 33.9 Å². The Labute approximate surface area is 255 Å². The second-order valence-corrected chi connectivity index (χ2v) is 13.5. The van der Waals surface area contributed by atoms with Gasteiger partial charge in [-0.3, -0.25) is 18.5 Å². The number of amides is 1. The van der Waals surface area contributed by atoms with Crippen LogP contribution in [0.3, 0.4) is 0 Å². The zero-order valence-electron chi connectivity index (χ0n) is 22.6. The Balaban J connectivity index is 1.67. The van der Waals surface area contributed by atoms with Crippen LogP contribution in [-0.2, 0) is 35.1 Å². The van der Waals surface area contributed by atoms with Gasteiger partial charge in [0.1, 0.15) is 9.79 Å². The lowest BCUT2D eigenvalue weighted by atomic mass is 10.1. The van der Waals surface area contributed by atoms with E-state index in [1.807, 2.05) is 0 Å². The number of hydrazone groups is 1. The molecule has 4 rings (SSSR count). The molecule has 20 heteroatoms. The Kier molecular flexibility index (Phi) is 8.75. The number of nitrogens with zero attached hydrogens (tertiary/aromatic N) is 4. The van der Waals surface area contributed by atoms with Crippen molar-refractivity contribution in [2.45, 2.75) is 27.7 Å². The molecule has 0 spiro atoms. The maximum absolute atomic E-state index is 13.2. The molecule has 0 saturated heterocycles. The van der Waals surface area contributed by atoms with E-state index in [0.717, 1.165) is 41.4 Å². The molecule has 3 aromatic carbocycles. The molecule has 1 aliphatic rings. The highest BCUT2D eigenvalue weighted by Gasteiger charge is 2.35. The average molecular weight is 680 g/mol. The van der Waals surface area contributed by atoms with Gasteiger partial charge >= 0.3 is 5.97 Å². The number of rotatable bonds is 9. The van der Waals surface area contributed by atoms with Crippen molar-refractivity contribution in [3.05, 3.63) is 71.3 Å². The van der Waals surface area contributed by atoms with Crippen LogP contribution >= 0.6 is 0 Å². The summed E-state index contributed by atoms with van der Waals surface area (Å²) in [5.41, 5.74) is 4.34. The van der Waals surface area contributed by atoms with Crippen LogP contribution in [0.25, 0.3) is 12.2 Å². The molecule has 0 radical (unpaired) electrons. The number of hydrogen-bond donors (Lipinski definition) is 5. The van der Waals surface area contributed by atoms with Gasteiger partial charge in [-0.15, -0.1) is 0 Å². The lowest BCUT2D eigenvalue weighted by Crippen LogP contribution is -2.29. The zero-order chi connectivity index (χ0) is 33.5. The number of carbonyl (C=O) groups is 2. The standard InChI is InChI=1S/C25H21N5O12S3/c1-13-23(28-27-20-9-8-18(43(34,35)36)12-19(20)25(32)33)24(31)30(29-13)17-7-5-15(22(11-17)45(40,41)42)3-2-14-4-6-16(26)10-21(14)44(37,38)39/h2-12,23H,26H2,1H3,(H,32,33)(H,34,35,36)(H,37,38,39)(H,40,41,42)/b3-2+,28-27?. The summed E-state index contributed by atoms with van der Waals surface area (Å²) in [7, 11) is -14.4. The normalized spacial score (nSPS) is 16.1. The van der Waals surface area contributed by atoms with Gasteiger partial charge in [0.2, 0.25) is 0 Å². The Morgan fingerprint density at radius 2 is 1.44 bits per heavy atom. The van der Waals surface area contributed by atoms with Crippen molar-refractivity contribution in [3.8, 4) is 0 Å². The van der Waals surface area contributed by atoms with Crippen LogP contribution in [0.1, 0.15) is 28.4 Å². The molecule has 0 fully saturated rings. The number of carboxylic acids is 1. The number of aromatic carboxylic acids is 1. The van der Waals surface area contributed by atoms with Crippen LogP contribution in [0.2, 0.25) is 0 Å². The highest BCUT2D eigenvalue weighted by Crippen LogP contribution is 2.30. The molecule has 1 unspecified atom stereocenters. The molecule has 3 aromatic rings. The monoisotopic (exact) mass is 679 g/mol. The SMILES string of the molecule is CC1=NN(c2ccc(/C=C/c3ccc(N)cc3S(=O)(=O)O)c(S(=O)(=O)O)c2)C(=O)C1N=Nc1ccc(S(=O)(=O)O)cc1C(=O)O. The van der Waals surface area contributed by atoms with E-state index in [1.165, 1.54) is 31.2 Å². The van der Waals surface area contributed by atoms with Crippen molar-refractivity contribution in [1.82, 2.24) is 0 Å². The van der Waals surface area contributed by atoms with E-state index in [4.69, 9.17) is 5.73 Å². The van der Waals surface area contributed by atoms with Gasteiger partial charge in [-0.1, -0.05) is 24.3 Å². The quantitative estimate of drug-likeness (QED) is 0.0942. The van der Waals surface area contributed by atoms with Crippen molar-refractivity contribution in [2.75, 3.05) is 10.7 Å². The van der Waals surface area contributed by atoms with Gasteiger partial charge in [-0.05, 0) is 60.5 Å². The largest absolute Gasteiger partial charge is 0.478 e. The second-order valence-electron chi connectivity index (χ2n) is 9.27. The Hall–Kier alpha value is -4.86. The number of carboxylic acid groups (broad SMARTS) is 1. The third-order valence-electron chi connectivity index (χ3n) is 6.15. The third-order valence-corrected chi connectivity index (χ3v) is 8.82. The van der Waals surface area contributed by atoms with Crippen molar-refractivity contribution < 1.29 is 53.6 Å². The van der Waals surface area contributed by atoms with Crippen LogP contribution in [0.15, 0.2) is 84.6 Å². The molecular formula is C25H21N5O12S3. The summed E-state index contributed by atoms with van der Waals surface area (Å²) in [6.07, 6.45) is 2.29. The number of anilines is 2. The first kappa shape index (κ1) is 33.0. The van der Waals surface area contributed by atoms with Gasteiger partial charge in [-0.25, -0.2) is 4.79 Å². The molecule has 0 aliphatic carbocycles. The smallest absolute Gasteiger partial charge is 0.338 e. The van der Waals surface area contributed by atoms with E-state index < -0.39 is 68.5 Å². The predicted octanol–water partition coefficient (Wildman–Crippen LogP) is 2.75. The third kappa shape index (κ3) is 7.28. The van der Waals surface area contributed by atoms with Crippen LogP contribution < -0.4 is 10.7 Å². The summed E-state index contributed by atoms with van der Waals surface area (Å²) in [5.74, 6) is -2.45. The number of carbonyl (C=O) groups excluding carboxylic acids is 1. The molecule has 45 heavy (non-hydrogen) atoms. The van der Waals surface area contributed by atoms with Gasteiger partial charge in [0, 0.05) is 5.69 Å². The minimum absolute atomic E-state index is 0.0316. The maximum Gasteiger partial charge on any atom is 0.338 e. The Morgan fingerprint density at radius 3 is 2.00 bits per heavy atom. The van der Waals surface area contributed by atoms with Gasteiger partial charge < -0.3 is 10.8 Å². The van der Waals surface area contributed by atoms with Gasteiger partial charge in [-0.2, -0.15) is 45.6 Å². The van der Waals surface area contributed by atoms with Gasteiger partial charge in [0.15, 0.2) is 6.04 Å². The Morgan fingerprint density at radius 1 is 0.867 bits per heavy atom. The second kappa shape index (κ2) is 11.9. The van der Waals surface area contributed by atoms with Crippen molar-refractivity contribution in [2.24, 2.45) is 15.3 Å². The van der Waals surface area contributed by atoms with E-state index in [1.54, 1.807) is 0 Å². The molecule has 6 N–H and O–H groups in total. The first-order chi connectivity index (χ1) is 20.8. The van der Waals surface area contributed by atoms with Crippen LogP contribution in [-0.4, -0.2) is 67.6 Å². The highest BCUT2D eigenvalue weighted by molar-refractivity contribution is 7.86. The fraction of sp³-hybridized carbons (Fsp3) is 0.0800.